The number of nitro groups is 1. The van der Waals surface area contributed by atoms with Gasteiger partial charge in [-0.25, -0.2) is 4.98 Å². The van der Waals surface area contributed by atoms with Crippen molar-refractivity contribution in [2.45, 2.75) is 9.92 Å². The van der Waals surface area contributed by atoms with Crippen molar-refractivity contribution in [3.05, 3.63) is 34.6 Å². The van der Waals surface area contributed by atoms with Crippen LogP contribution in [0.5, 0.6) is 0 Å². The van der Waals surface area contributed by atoms with E-state index in [1.165, 1.54) is 23.9 Å². The van der Waals surface area contributed by atoms with Crippen molar-refractivity contribution in [3.8, 4) is 0 Å². The van der Waals surface area contributed by atoms with E-state index in [0.29, 0.717) is 10.8 Å². The van der Waals surface area contributed by atoms with Crippen LogP contribution in [0.2, 0.25) is 0 Å². The Balaban J connectivity index is 2.32. The highest BCUT2D eigenvalue weighted by Crippen LogP contribution is 2.29. The van der Waals surface area contributed by atoms with Gasteiger partial charge in [0.05, 0.1) is 22.1 Å². The van der Waals surface area contributed by atoms with Crippen LogP contribution < -0.4 is 5.32 Å². The average molecular weight is 265 g/mol. The lowest BCUT2D eigenvalue weighted by molar-refractivity contribution is -0.385. The molecule has 0 fully saturated rings. The van der Waals surface area contributed by atoms with E-state index in [0.717, 1.165) is 4.90 Å². The van der Waals surface area contributed by atoms with Gasteiger partial charge in [-0.15, -0.1) is 0 Å². The first-order valence-electron chi connectivity index (χ1n) is 5.09. The quantitative estimate of drug-likeness (QED) is 0.671. The van der Waals surface area contributed by atoms with Crippen molar-refractivity contribution < 1.29 is 4.92 Å². The molecule has 0 saturated heterocycles. The fraction of sp³-hybridized carbons (Fsp3) is 0.200. The molecule has 0 aliphatic rings. The lowest BCUT2D eigenvalue weighted by Gasteiger charge is -2.02. The Labute approximate surface area is 107 Å². The maximum Gasteiger partial charge on any atom is 0.275 e. The minimum Gasteiger partial charge on any atom is -0.373 e. The first-order valence-corrected chi connectivity index (χ1v) is 5.91. The van der Waals surface area contributed by atoms with Crippen LogP contribution in [0.1, 0.15) is 0 Å². The number of aryl methyl sites for hydroxylation is 1. The maximum atomic E-state index is 10.8. The SMILES string of the molecule is CNc1cc([N+](=O)[O-])cc(Sc2cnn(C)c2)n1. The van der Waals surface area contributed by atoms with Crippen LogP contribution in [0.4, 0.5) is 11.5 Å². The molecular weight excluding hydrogens is 254 g/mol. The lowest BCUT2D eigenvalue weighted by atomic mass is 10.4. The Morgan fingerprint density at radius 2 is 2.28 bits per heavy atom. The Kier molecular flexibility index (Phi) is 3.47. The summed E-state index contributed by atoms with van der Waals surface area (Å²) in [6.45, 7) is 0. The molecule has 0 atom stereocenters. The molecule has 2 heterocycles. The van der Waals surface area contributed by atoms with Crippen molar-refractivity contribution in [3.63, 3.8) is 0 Å². The Morgan fingerprint density at radius 1 is 1.50 bits per heavy atom. The fourth-order valence-corrected chi connectivity index (χ4v) is 2.22. The number of rotatable bonds is 4. The molecule has 2 rings (SSSR count). The largest absolute Gasteiger partial charge is 0.373 e. The van der Waals surface area contributed by atoms with Crippen LogP contribution in [-0.2, 0) is 7.05 Å². The highest BCUT2D eigenvalue weighted by Gasteiger charge is 2.12. The number of anilines is 1. The molecule has 0 amide bonds. The Morgan fingerprint density at radius 3 is 2.83 bits per heavy atom. The first kappa shape index (κ1) is 12.4. The molecule has 0 bridgehead atoms. The van der Waals surface area contributed by atoms with Crippen molar-refractivity contribution in [2.75, 3.05) is 12.4 Å². The zero-order chi connectivity index (χ0) is 13.1. The van der Waals surface area contributed by atoms with E-state index >= 15 is 0 Å². The van der Waals surface area contributed by atoms with E-state index in [1.54, 1.807) is 17.9 Å². The number of aromatic nitrogens is 3. The third-order valence-corrected chi connectivity index (χ3v) is 3.02. The summed E-state index contributed by atoms with van der Waals surface area (Å²) in [7, 11) is 3.48. The predicted molar refractivity (Wildman–Crippen MR) is 67.8 cm³/mol. The summed E-state index contributed by atoms with van der Waals surface area (Å²) >= 11 is 1.33. The van der Waals surface area contributed by atoms with Gasteiger partial charge in [-0.2, -0.15) is 5.10 Å². The van der Waals surface area contributed by atoms with Crippen molar-refractivity contribution in [1.29, 1.82) is 0 Å². The summed E-state index contributed by atoms with van der Waals surface area (Å²) < 4.78 is 1.67. The molecular formula is C10H11N5O2S. The van der Waals surface area contributed by atoms with Gasteiger partial charge in [0, 0.05) is 26.4 Å². The number of hydrogen-bond donors (Lipinski definition) is 1. The third kappa shape index (κ3) is 2.77. The van der Waals surface area contributed by atoms with Crippen LogP contribution in [0, 0.1) is 10.1 Å². The Bertz CT molecular complexity index is 583. The highest BCUT2D eigenvalue weighted by molar-refractivity contribution is 7.99. The number of hydrogen-bond acceptors (Lipinski definition) is 6. The zero-order valence-corrected chi connectivity index (χ0v) is 10.6. The molecule has 8 heteroatoms. The molecule has 0 saturated carbocycles. The molecule has 0 unspecified atom stereocenters. The molecule has 1 N–H and O–H groups in total. The second kappa shape index (κ2) is 5.05. The molecule has 0 aliphatic carbocycles. The molecule has 0 aromatic carbocycles. The lowest BCUT2D eigenvalue weighted by Crippen LogP contribution is -1.96. The van der Waals surface area contributed by atoms with E-state index in [9.17, 15) is 10.1 Å². The maximum absolute atomic E-state index is 10.8. The standard InChI is InChI=1S/C10H11N5O2S/c1-11-9-3-7(15(16)17)4-10(13-9)18-8-5-12-14(2)6-8/h3-6H,1-2H3,(H,11,13). The summed E-state index contributed by atoms with van der Waals surface area (Å²) in [5.41, 5.74) is 0.0146. The molecule has 94 valence electrons. The molecule has 0 spiro atoms. The normalized spacial score (nSPS) is 10.3. The van der Waals surface area contributed by atoms with Crippen LogP contribution >= 0.6 is 11.8 Å². The molecule has 7 nitrogen and oxygen atoms in total. The average Bonchev–Trinajstić information content (AvgIpc) is 2.74. The van der Waals surface area contributed by atoms with Gasteiger partial charge in [-0.1, -0.05) is 11.8 Å². The van der Waals surface area contributed by atoms with Gasteiger partial charge in [0.1, 0.15) is 10.8 Å². The first-order chi connectivity index (χ1) is 8.58. The van der Waals surface area contributed by atoms with Gasteiger partial charge in [-0.3, -0.25) is 14.8 Å². The summed E-state index contributed by atoms with van der Waals surface area (Å²) in [6.07, 6.45) is 3.51. The summed E-state index contributed by atoms with van der Waals surface area (Å²) in [4.78, 5) is 15.5. The highest BCUT2D eigenvalue weighted by atomic mass is 32.2. The van der Waals surface area contributed by atoms with Crippen molar-refractivity contribution in [1.82, 2.24) is 14.8 Å². The van der Waals surface area contributed by atoms with Gasteiger partial charge < -0.3 is 5.32 Å². The molecule has 2 aromatic heterocycles. The van der Waals surface area contributed by atoms with Crippen LogP contribution in [-0.4, -0.2) is 26.7 Å². The molecule has 0 radical (unpaired) electrons. The predicted octanol–water partition coefficient (Wildman–Crippen LogP) is 1.92. The summed E-state index contributed by atoms with van der Waals surface area (Å²) in [5, 5.41) is 18.2. The summed E-state index contributed by atoms with van der Waals surface area (Å²) in [5.74, 6) is 0.468. The van der Waals surface area contributed by atoms with E-state index in [2.05, 4.69) is 15.4 Å². The molecule has 2 aromatic rings. The van der Waals surface area contributed by atoms with Crippen molar-refractivity contribution >= 4 is 23.3 Å². The van der Waals surface area contributed by atoms with E-state index in [-0.39, 0.29) is 5.69 Å². The van der Waals surface area contributed by atoms with Crippen LogP contribution in [0.25, 0.3) is 0 Å². The van der Waals surface area contributed by atoms with Gasteiger partial charge in [0.2, 0.25) is 0 Å². The van der Waals surface area contributed by atoms with Crippen LogP contribution in [0.3, 0.4) is 0 Å². The van der Waals surface area contributed by atoms with Gasteiger partial charge >= 0.3 is 0 Å². The summed E-state index contributed by atoms with van der Waals surface area (Å²) in [6, 6.07) is 2.84. The third-order valence-electron chi connectivity index (χ3n) is 2.16. The zero-order valence-electron chi connectivity index (χ0n) is 9.82. The van der Waals surface area contributed by atoms with E-state index in [1.807, 2.05) is 13.2 Å². The van der Waals surface area contributed by atoms with Crippen LogP contribution in [0.15, 0.2) is 34.4 Å². The van der Waals surface area contributed by atoms with E-state index in [4.69, 9.17) is 0 Å². The number of pyridine rings is 1. The molecule has 0 aliphatic heterocycles. The second-order valence-corrected chi connectivity index (χ2v) is 4.60. The van der Waals surface area contributed by atoms with E-state index < -0.39 is 4.92 Å². The number of nitrogens with one attached hydrogen (secondary N) is 1. The Hall–Kier alpha value is -2.09. The van der Waals surface area contributed by atoms with Gasteiger partial charge in [0.15, 0.2) is 0 Å². The monoisotopic (exact) mass is 265 g/mol. The smallest absolute Gasteiger partial charge is 0.275 e. The van der Waals surface area contributed by atoms with Gasteiger partial charge in [-0.05, 0) is 0 Å². The van der Waals surface area contributed by atoms with Gasteiger partial charge in [0.25, 0.3) is 5.69 Å². The van der Waals surface area contributed by atoms with Crippen molar-refractivity contribution in [2.24, 2.45) is 7.05 Å². The number of nitrogens with zero attached hydrogens (tertiary/aromatic N) is 4. The molecule has 18 heavy (non-hydrogen) atoms. The topological polar surface area (TPSA) is 85.9 Å². The fourth-order valence-electron chi connectivity index (χ4n) is 1.35. The minimum atomic E-state index is -0.435. The minimum absolute atomic E-state index is 0.0146. The second-order valence-electron chi connectivity index (χ2n) is 3.51.